The maximum absolute atomic E-state index is 13.3. The van der Waals surface area contributed by atoms with E-state index < -0.39 is 0 Å². The molecule has 5 heterocycles. The molecule has 154 valence electrons. The Balaban J connectivity index is 1.42. The molecule has 7 heteroatoms. The van der Waals surface area contributed by atoms with Crippen molar-refractivity contribution in [3.05, 3.63) is 35.2 Å². The largest absolute Gasteiger partial charge is 0.337 e. The van der Waals surface area contributed by atoms with Crippen LogP contribution in [-0.4, -0.2) is 56.2 Å². The molecule has 29 heavy (non-hydrogen) atoms. The van der Waals surface area contributed by atoms with Crippen molar-refractivity contribution in [2.45, 2.75) is 57.5 Å². The molecule has 5 rings (SSSR count). The van der Waals surface area contributed by atoms with Gasteiger partial charge in [0.25, 0.3) is 5.91 Å². The van der Waals surface area contributed by atoms with E-state index in [0.717, 1.165) is 44.3 Å². The number of halogens is 1. The summed E-state index contributed by atoms with van der Waals surface area (Å²) in [5, 5.41) is 0.617. The number of hydrogen-bond acceptors (Lipinski definition) is 3. The number of carbonyl (C=O) groups is 2. The molecule has 2 bridgehead atoms. The molecule has 3 aliphatic heterocycles. The van der Waals surface area contributed by atoms with Crippen LogP contribution in [0.5, 0.6) is 0 Å². The Hall–Kier alpha value is -2.08. The summed E-state index contributed by atoms with van der Waals surface area (Å²) < 4.78 is 1.81. The van der Waals surface area contributed by atoms with Crippen LogP contribution in [0.4, 0.5) is 0 Å². The van der Waals surface area contributed by atoms with Gasteiger partial charge in [-0.3, -0.25) is 9.59 Å². The number of carbonyl (C=O) groups excluding carboxylic acids is 2. The molecule has 2 aromatic rings. The molecular formula is C22H27ClN4O2. The van der Waals surface area contributed by atoms with Crippen molar-refractivity contribution in [1.29, 1.82) is 0 Å². The highest BCUT2D eigenvalue weighted by Crippen LogP contribution is 2.43. The standard InChI is InChI=1S/C22H27ClN4O2/c1-2-4-18-14-9-15(19-5-3-6-21(28)27(18)19)11-26(10-14)22(29)17-13-25-12-16(23)7-8-20(25)24-17/h7-8,12-15,18-19H,2-6,9-11H2,1H3/t14-,15+,18-,19-/m0/s1. The molecule has 6 nitrogen and oxygen atoms in total. The van der Waals surface area contributed by atoms with Gasteiger partial charge in [0, 0.05) is 44.0 Å². The van der Waals surface area contributed by atoms with Crippen LogP contribution in [0.25, 0.3) is 5.65 Å². The lowest BCUT2D eigenvalue weighted by atomic mass is 9.71. The number of pyridine rings is 1. The molecule has 3 saturated heterocycles. The van der Waals surface area contributed by atoms with Crippen LogP contribution in [0.1, 0.15) is 55.9 Å². The fourth-order valence-corrected chi connectivity index (χ4v) is 6.01. The zero-order chi connectivity index (χ0) is 20.1. The fraction of sp³-hybridized carbons (Fsp3) is 0.591. The van der Waals surface area contributed by atoms with Gasteiger partial charge in [0.1, 0.15) is 11.3 Å². The zero-order valence-corrected chi connectivity index (χ0v) is 17.5. The normalized spacial score (nSPS) is 29.2. The molecule has 3 aliphatic rings. The second-order valence-corrected chi connectivity index (χ2v) is 9.26. The molecule has 2 amide bonds. The van der Waals surface area contributed by atoms with Crippen molar-refractivity contribution in [3.63, 3.8) is 0 Å². The lowest BCUT2D eigenvalue weighted by molar-refractivity contribution is -0.152. The van der Waals surface area contributed by atoms with Crippen molar-refractivity contribution in [1.82, 2.24) is 19.2 Å². The Labute approximate surface area is 175 Å². The summed E-state index contributed by atoms with van der Waals surface area (Å²) in [6, 6.07) is 4.17. The van der Waals surface area contributed by atoms with Crippen LogP contribution in [0.3, 0.4) is 0 Å². The number of aromatic nitrogens is 2. The van der Waals surface area contributed by atoms with Crippen LogP contribution in [0.15, 0.2) is 24.5 Å². The van der Waals surface area contributed by atoms with Crippen molar-refractivity contribution in [2.24, 2.45) is 11.8 Å². The van der Waals surface area contributed by atoms with Crippen LogP contribution < -0.4 is 0 Å². The maximum Gasteiger partial charge on any atom is 0.274 e. The SMILES string of the molecule is CCC[C@H]1[C@H]2C[C@H](CN(C(=O)c3cn4cc(Cl)ccc4n3)C2)[C@@H]2CCCC(=O)N21. The Morgan fingerprint density at radius 3 is 2.90 bits per heavy atom. The minimum Gasteiger partial charge on any atom is -0.337 e. The fourth-order valence-electron chi connectivity index (χ4n) is 5.84. The number of likely N-dealkylation sites (tertiary alicyclic amines) is 1. The molecule has 0 saturated carbocycles. The first-order valence-corrected chi connectivity index (χ1v) is 11.2. The van der Waals surface area contributed by atoms with Crippen LogP contribution in [0.2, 0.25) is 5.02 Å². The van der Waals surface area contributed by atoms with E-state index in [2.05, 4.69) is 16.8 Å². The van der Waals surface area contributed by atoms with Crippen molar-refractivity contribution >= 4 is 29.1 Å². The number of piperidine rings is 3. The summed E-state index contributed by atoms with van der Waals surface area (Å²) in [5.41, 5.74) is 1.19. The number of fused-ring (bicyclic) bond motifs is 5. The van der Waals surface area contributed by atoms with Gasteiger partial charge in [-0.05, 0) is 49.7 Å². The average molecular weight is 415 g/mol. The summed E-state index contributed by atoms with van der Waals surface area (Å²) in [5.74, 6) is 1.06. The average Bonchev–Trinajstić information content (AvgIpc) is 3.13. The topological polar surface area (TPSA) is 57.9 Å². The smallest absolute Gasteiger partial charge is 0.274 e. The van der Waals surface area contributed by atoms with E-state index in [4.69, 9.17) is 11.6 Å². The molecule has 3 fully saturated rings. The van der Waals surface area contributed by atoms with Gasteiger partial charge in [-0.15, -0.1) is 0 Å². The Bertz CT molecular complexity index is 957. The molecule has 0 aromatic carbocycles. The van der Waals surface area contributed by atoms with Crippen molar-refractivity contribution in [3.8, 4) is 0 Å². The van der Waals surface area contributed by atoms with Crippen LogP contribution >= 0.6 is 11.6 Å². The summed E-state index contributed by atoms with van der Waals surface area (Å²) in [6.45, 7) is 3.62. The zero-order valence-electron chi connectivity index (χ0n) is 16.8. The minimum absolute atomic E-state index is 0.00893. The second-order valence-electron chi connectivity index (χ2n) is 8.82. The minimum atomic E-state index is -0.00893. The van der Waals surface area contributed by atoms with Gasteiger partial charge in [0.2, 0.25) is 5.91 Å². The van der Waals surface area contributed by atoms with E-state index in [0.29, 0.717) is 47.5 Å². The van der Waals surface area contributed by atoms with Crippen molar-refractivity contribution in [2.75, 3.05) is 13.1 Å². The lowest BCUT2D eigenvalue weighted by Crippen LogP contribution is -2.65. The van der Waals surface area contributed by atoms with E-state index in [1.165, 1.54) is 0 Å². The van der Waals surface area contributed by atoms with Gasteiger partial charge in [-0.2, -0.15) is 0 Å². The molecular weight excluding hydrogens is 388 g/mol. The monoisotopic (exact) mass is 414 g/mol. The van der Waals surface area contributed by atoms with Gasteiger partial charge in [-0.1, -0.05) is 24.9 Å². The first-order valence-electron chi connectivity index (χ1n) is 10.8. The first kappa shape index (κ1) is 18.9. The third-order valence-electron chi connectivity index (χ3n) is 7.00. The van der Waals surface area contributed by atoms with Gasteiger partial charge >= 0.3 is 0 Å². The third-order valence-corrected chi connectivity index (χ3v) is 7.23. The molecule has 0 radical (unpaired) electrons. The molecule has 2 aromatic heterocycles. The summed E-state index contributed by atoms with van der Waals surface area (Å²) in [4.78, 5) is 34.8. The first-order chi connectivity index (χ1) is 14.0. The Morgan fingerprint density at radius 2 is 2.07 bits per heavy atom. The molecule has 0 N–H and O–H groups in total. The van der Waals surface area contributed by atoms with Crippen molar-refractivity contribution < 1.29 is 9.59 Å². The molecule has 4 atom stereocenters. The van der Waals surface area contributed by atoms with Gasteiger partial charge < -0.3 is 14.2 Å². The number of imidazole rings is 1. The number of rotatable bonds is 3. The van der Waals surface area contributed by atoms with E-state index in [-0.39, 0.29) is 11.9 Å². The summed E-state index contributed by atoms with van der Waals surface area (Å²) >= 11 is 6.07. The Morgan fingerprint density at radius 1 is 1.24 bits per heavy atom. The molecule has 0 unspecified atom stereocenters. The maximum atomic E-state index is 13.3. The highest BCUT2D eigenvalue weighted by Gasteiger charge is 2.49. The second kappa shape index (κ2) is 7.31. The lowest BCUT2D eigenvalue weighted by Gasteiger charge is -2.56. The van der Waals surface area contributed by atoms with Crippen LogP contribution in [-0.2, 0) is 4.79 Å². The predicted molar refractivity (Wildman–Crippen MR) is 111 cm³/mol. The highest BCUT2D eigenvalue weighted by atomic mass is 35.5. The quantitative estimate of drug-likeness (QED) is 0.770. The van der Waals surface area contributed by atoms with E-state index in [1.54, 1.807) is 18.5 Å². The van der Waals surface area contributed by atoms with E-state index in [9.17, 15) is 9.59 Å². The van der Waals surface area contributed by atoms with E-state index in [1.807, 2.05) is 15.4 Å². The van der Waals surface area contributed by atoms with Gasteiger partial charge in [0.05, 0.1) is 5.02 Å². The molecule has 0 spiro atoms. The van der Waals surface area contributed by atoms with Gasteiger partial charge in [0.15, 0.2) is 0 Å². The predicted octanol–water partition coefficient (Wildman–Crippen LogP) is 3.63. The Kier molecular flexibility index (Phi) is 4.77. The number of amides is 2. The number of nitrogens with zero attached hydrogens (tertiary/aromatic N) is 4. The third kappa shape index (κ3) is 3.21. The van der Waals surface area contributed by atoms with E-state index >= 15 is 0 Å². The van der Waals surface area contributed by atoms with Crippen LogP contribution in [0, 0.1) is 11.8 Å². The summed E-state index contributed by atoms with van der Waals surface area (Å²) in [6.07, 6.45) is 9.48. The highest BCUT2D eigenvalue weighted by molar-refractivity contribution is 6.30. The number of hydrogen-bond donors (Lipinski definition) is 0. The van der Waals surface area contributed by atoms with Gasteiger partial charge in [-0.25, -0.2) is 4.98 Å². The molecule has 0 aliphatic carbocycles. The summed E-state index contributed by atoms with van der Waals surface area (Å²) in [7, 11) is 0.